The van der Waals surface area contributed by atoms with Crippen molar-refractivity contribution in [2.75, 3.05) is 18.9 Å². The molecule has 1 aromatic heterocycles. The summed E-state index contributed by atoms with van der Waals surface area (Å²) in [5.74, 6) is -5.82. The summed E-state index contributed by atoms with van der Waals surface area (Å²) in [5, 5.41) is 24.6. The molecule has 2 rings (SSSR count). The van der Waals surface area contributed by atoms with Gasteiger partial charge in [0.2, 0.25) is 12.5 Å². The number of carboxylic acids is 2. The molecule has 1 saturated heterocycles. The van der Waals surface area contributed by atoms with E-state index in [0.29, 0.717) is 5.06 Å². The molecule has 16 heteroatoms. The molecule has 156 valence electrons. The summed E-state index contributed by atoms with van der Waals surface area (Å²) in [6, 6.07) is -2.96. The molecule has 1 fully saturated rings. The minimum atomic E-state index is -1.48. The molecule has 0 radical (unpaired) electrons. The topological polar surface area (TPSA) is 237 Å². The summed E-state index contributed by atoms with van der Waals surface area (Å²) in [5.41, 5.74) is 10.1. The lowest BCUT2D eigenvalue weighted by molar-refractivity contribution is -0.234. The van der Waals surface area contributed by atoms with Crippen LogP contribution in [-0.2, 0) is 33.6 Å². The zero-order valence-electron chi connectivity index (χ0n) is 14.3. The van der Waals surface area contributed by atoms with Crippen molar-refractivity contribution < 1.29 is 43.9 Å². The number of carbonyl (C=O) groups excluding carboxylic acids is 3. The molecule has 1 aliphatic heterocycles. The summed E-state index contributed by atoms with van der Waals surface area (Å²) in [6.07, 6.45) is 0. The molecule has 0 saturated carbocycles. The number of aromatic nitrogens is 1. The highest BCUT2D eigenvalue weighted by Crippen LogP contribution is 2.21. The van der Waals surface area contributed by atoms with Crippen molar-refractivity contribution in [3.8, 4) is 0 Å². The maximum Gasteiger partial charge on any atom is 0.344 e. The number of nitrogens with one attached hydrogen (secondary N) is 1. The van der Waals surface area contributed by atoms with Gasteiger partial charge in [-0.25, -0.2) is 19.6 Å². The van der Waals surface area contributed by atoms with Crippen molar-refractivity contribution in [1.29, 1.82) is 0 Å². The van der Waals surface area contributed by atoms with E-state index in [1.165, 1.54) is 5.38 Å². The van der Waals surface area contributed by atoms with Gasteiger partial charge in [-0.2, -0.15) is 0 Å². The Kier molecular flexibility index (Phi) is 6.63. The van der Waals surface area contributed by atoms with E-state index in [4.69, 9.17) is 21.7 Å². The van der Waals surface area contributed by atoms with Gasteiger partial charge in [0.1, 0.15) is 11.7 Å². The Bertz CT molecular complexity index is 884. The average molecular weight is 430 g/mol. The van der Waals surface area contributed by atoms with E-state index in [1.807, 2.05) is 0 Å². The van der Waals surface area contributed by atoms with Crippen LogP contribution in [0.4, 0.5) is 5.13 Å². The molecule has 0 spiro atoms. The number of amides is 3. The van der Waals surface area contributed by atoms with Crippen molar-refractivity contribution in [3.63, 3.8) is 0 Å². The van der Waals surface area contributed by atoms with E-state index in [2.05, 4.69) is 25.1 Å². The van der Waals surface area contributed by atoms with Crippen molar-refractivity contribution in [1.82, 2.24) is 15.4 Å². The quantitative estimate of drug-likeness (QED) is 0.140. The molecule has 0 aromatic carbocycles. The zero-order valence-corrected chi connectivity index (χ0v) is 15.1. The first-order chi connectivity index (χ1) is 13.6. The molecule has 1 aromatic rings. The second-order valence-electron chi connectivity index (χ2n) is 5.31. The van der Waals surface area contributed by atoms with Crippen molar-refractivity contribution >= 4 is 51.8 Å². The number of carboxylic acid groups (broad SMARTS) is 2. The van der Waals surface area contributed by atoms with Crippen LogP contribution in [0.15, 0.2) is 10.5 Å². The lowest BCUT2D eigenvalue weighted by Crippen LogP contribution is -2.74. The van der Waals surface area contributed by atoms with Gasteiger partial charge in [-0.05, 0) is 0 Å². The highest BCUT2D eigenvalue weighted by Gasteiger charge is 2.53. The number of aliphatic carboxylic acids is 2. The minimum absolute atomic E-state index is 0.0710. The lowest BCUT2D eigenvalue weighted by Gasteiger charge is -2.43. The Morgan fingerprint density at radius 2 is 1.93 bits per heavy atom. The van der Waals surface area contributed by atoms with Gasteiger partial charge < -0.3 is 31.8 Å². The average Bonchev–Trinajstić information content (AvgIpc) is 3.05. The van der Waals surface area contributed by atoms with E-state index < -0.39 is 60.7 Å². The van der Waals surface area contributed by atoms with Crippen LogP contribution in [0, 0.1) is 0 Å². The Morgan fingerprint density at radius 1 is 1.28 bits per heavy atom. The van der Waals surface area contributed by atoms with Crippen LogP contribution in [0.1, 0.15) is 5.69 Å². The third kappa shape index (κ3) is 5.14. The van der Waals surface area contributed by atoms with E-state index in [1.54, 1.807) is 0 Å². The fourth-order valence-corrected chi connectivity index (χ4v) is 2.66. The monoisotopic (exact) mass is 430 g/mol. The molecule has 3 amide bonds. The van der Waals surface area contributed by atoms with Gasteiger partial charge in [0.25, 0.3) is 11.8 Å². The highest BCUT2D eigenvalue weighted by atomic mass is 32.1. The Balaban J connectivity index is 2.17. The summed E-state index contributed by atoms with van der Waals surface area (Å²) in [7, 11) is 0. The number of nitrogens with zero attached hydrogens (tertiary/aromatic N) is 3. The van der Waals surface area contributed by atoms with Crippen LogP contribution in [0.3, 0.4) is 0 Å². The summed E-state index contributed by atoms with van der Waals surface area (Å²) < 4.78 is 0. The number of hydroxylamine groups is 2. The fraction of sp³-hybridized carbons (Fsp3) is 0.308. The Hall–Kier alpha value is -3.79. The summed E-state index contributed by atoms with van der Waals surface area (Å²) in [6.45, 7) is -1.77. The molecule has 0 bridgehead atoms. The van der Waals surface area contributed by atoms with Gasteiger partial charge in [-0.15, -0.1) is 11.3 Å². The van der Waals surface area contributed by atoms with Gasteiger partial charge in [0.15, 0.2) is 23.5 Å². The number of primary amides is 1. The van der Waals surface area contributed by atoms with E-state index in [0.717, 1.165) is 11.3 Å². The minimum Gasteiger partial charge on any atom is -0.479 e. The normalized spacial score (nSPS) is 18.7. The molecule has 2 atom stereocenters. The van der Waals surface area contributed by atoms with Gasteiger partial charge in [-0.1, -0.05) is 5.16 Å². The largest absolute Gasteiger partial charge is 0.479 e. The van der Waals surface area contributed by atoms with Crippen LogP contribution in [-0.4, -0.2) is 80.9 Å². The van der Waals surface area contributed by atoms with Crippen LogP contribution in [0.2, 0.25) is 0 Å². The number of β-lactam (4-membered cyclic amide) rings is 1. The number of oxime groups is 1. The highest BCUT2D eigenvalue weighted by molar-refractivity contribution is 7.13. The number of hydrogen-bond acceptors (Lipinski definition) is 11. The first-order valence-electron chi connectivity index (χ1n) is 7.53. The number of hydrogen-bond donors (Lipinski definition) is 5. The molecule has 0 unspecified atom stereocenters. The predicted octanol–water partition coefficient (Wildman–Crippen LogP) is -3.27. The van der Waals surface area contributed by atoms with E-state index >= 15 is 0 Å². The number of anilines is 1. The molecule has 1 aliphatic rings. The molecule has 29 heavy (non-hydrogen) atoms. The van der Waals surface area contributed by atoms with Gasteiger partial charge in [0.05, 0.1) is 0 Å². The molecule has 7 N–H and O–H groups in total. The second-order valence-corrected chi connectivity index (χ2v) is 6.20. The third-order valence-electron chi connectivity index (χ3n) is 3.28. The smallest absolute Gasteiger partial charge is 0.344 e. The predicted molar refractivity (Wildman–Crippen MR) is 92.0 cm³/mol. The first-order valence-corrected chi connectivity index (χ1v) is 8.40. The molecular weight excluding hydrogens is 416 g/mol. The zero-order chi connectivity index (χ0) is 21.7. The van der Waals surface area contributed by atoms with Crippen LogP contribution >= 0.6 is 11.3 Å². The van der Waals surface area contributed by atoms with E-state index in [9.17, 15) is 24.0 Å². The van der Waals surface area contributed by atoms with Gasteiger partial charge >= 0.3 is 11.9 Å². The van der Waals surface area contributed by atoms with Gasteiger partial charge in [-0.3, -0.25) is 19.2 Å². The SMILES string of the molecule is NC(=O)[C@@H]1[C@H](NC(=O)/C(=N\OCC(=O)O)c2csc(N)n2)C(=O)N1OCC(=O)O. The fourth-order valence-electron chi connectivity index (χ4n) is 2.11. The standard InChI is InChI=1S/C13H14N6O9S/c14-10(24)9-8(12(26)19(9)28-2-6(22)23)17-11(25)7(18-27-1-5(20)21)4-3-29-13(15)16-4/h3,8-9H,1-2H2,(H2,14,24)(H2,15,16)(H,17,25)(H,20,21)(H,22,23)/b18-7-/t8-,9-/m0/s1. The number of carbonyl (C=O) groups is 5. The lowest BCUT2D eigenvalue weighted by atomic mass is 9.97. The molecule has 0 aliphatic carbocycles. The molecular formula is C13H14N6O9S. The summed E-state index contributed by atoms with van der Waals surface area (Å²) in [4.78, 5) is 70.3. The maximum atomic E-state index is 12.5. The summed E-state index contributed by atoms with van der Waals surface area (Å²) >= 11 is 0.953. The van der Waals surface area contributed by atoms with Crippen molar-refractivity contribution in [2.45, 2.75) is 12.1 Å². The number of nitrogens with two attached hydrogens (primary N) is 2. The second kappa shape index (κ2) is 8.93. The first kappa shape index (κ1) is 21.5. The Labute approximate surface area is 164 Å². The van der Waals surface area contributed by atoms with Crippen LogP contribution < -0.4 is 16.8 Å². The van der Waals surface area contributed by atoms with Crippen molar-refractivity contribution in [2.24, 2.45) is 10.9 Å². The van der Waals surface area contributed by atoms with Crippen LogP contribution in [0.5, 0.6) is 0 Å². The number of rotatable bonds is 10. The van der Waals surface area contributed by atoms with Crippen LogP contribution in [0.25, 0.3) is 0 Å². The maximum absolute atomic E-state index is 12.5. The molecule has 15 nitrogen and oxygen atoms in total. The van der Waals surface area contributed by atoms with E-state index in [-0.39, 0.29) is 10.8 Å². The number of thiazole rings is 1. The number of nitrogen functional groups attached to an aromatic ring is 1. The molecule has 2 heterocycles. The van der Waals surface area contributed by atoms with Gasteiger partial charge in [0, 0.05) is 5.38 Å². The van der Waals surface area contributed by atoms with Crippen molar-refractivity contribution in [3.05, 3.63) is 11.1 Å². The Morgan fingerprint density at radius 3 is 2.45 bits per heavy atom. The third-order valence-corrected chi connectivity index (χ3v) is 3.95.